The fourth-order valence-corrected chi connectivity index (χ4v) is 3.87. The largest absolute Gasteiger partial charge is 0.332 e. The van der Waals surface area contributed by atoms with Crippen LogP contribution in [0.5, 0.6) is 0 Å². The van der Waals surface area contributed by atoms with Gasteiger partial charge in [-0.3, -0.25) is 18.7 Å². The van der Waals surface area contributed by atoms with Gasteiger partial charge in [-0.15, -0.1) is 11.3 Å². The first-order valence-electron chi connectivity index (χ1n) is 6.73. The van der Waals surface area contributed by atoms with E-state index in [1.807, 2.05) is 11.4 Å². The summed E-state index contributed by atoms with van der Waals surface area (Å²) in [6.07, 6.45) is 0. The van der Waals surface area contributed by atoms with Crippen molar-refractivity contribution in [3.63, 3.8) is 0 Å². The van der Waals surface area contributed by atoms with Crippen LogP contribution in [-0.4, -0.2) is 30.2 Å². The maximum Gasteiger partial charge on any atom is 0.332 e. The number of hydrogen-bond donors (Lipinski definition) is 0. The lowest BCUT2D eigenvalue weighted by Crippen LogP contribution is -2.37. The number of fused-ring (bicyclic) bond motifs is 1. The van der Waals surface area contributed by atoms with E-state index in [4.69, 9.17) is 0 Å². The number of Topliss-reactive ketones (excluding diaryl/α,β-unsaturated/α-hetero) is 1. The van der Waals surface area contributed by atoms with Crippen molar-refractivity contribution < 1.29 is 4.79 Å². The predicted molar refractivity (Wildman–Crippen MR) is 90.6 cm³/mol. The van der Waals surface area contributed by atoms with Crippen molar-refractivity contribution in [2.75, 3.05) is 5.75 Å². The molecular weight excluding hydrogens is 336 g/mol. The summed E-state index contributed by atoms with van der Waals surface area (Å²) < 4.78 is 4.01. The number of aromatic nitrogens is 4. The zero-order valence-electron chi connectivity index (χ0n) is 12.8. The van der Waals surface area contributed by atoms with E-state index in [0.29, 0.717) is 21.2 Å². The molecule has 9 heteroatoms. The van der Waals surface area contributed by atoms with E-state index in [0.717, 1.165) is 4.57 Å². The third-order valence-corrected chi connectivity index (χ3v) is 5.50. The topological polar surface area (TPSA) is 78.9 Å². The normalized spacial score (nSPS) is 11.3. The van der Waals surface area contributed by atoms with E-state index < -0.39 is 11.2 Å². The molecule has 3 aromatic heterocycles. The van der Waals surface area contributed by atoms with Gasteiger partial charge in [-0.1, -0.05) is 17.8 Å². The van der Waals surface area contributed by atoms with Crippen molar-refractivity contribution in [1.29, 1.82) is 0 Å². The van der Waals surface area contributed by atoms with Crippen LogP contribution in [0, 0.1) is 0 Å². The minimum absolute atomic E-state index is 0.0128. The first-order chi connectivity index (χ1) is 10.9. The third-order valence-electron chi connectivity index (χ3n) is 3.56. The minimum Gasteiger partial charge on any atom is -0.316 e. The first kappa shape index (κ1) is 15.8. The fraction of sp³-hybridized carbons (Fsp3) is 0.286. The van der Waals surface area contributed by atoms with Gasteiger partial charge in [0.05, 0.1) is 10.6 Å². The van der Waals surface area contributed by atoms with Gasteiger partial charge < -0.3 is 4.57 Å². The molecule has 7 nitrogen and oxygen atoms in total. The summed E-state index contributed by atoms with van der Waals surface area (Å²) in [7, 11) is 4.71. The highest BCUT2D eigenvalue weighted by atomic mass is 32.2. The van der Waals surface area contributed by atoms with Crippen LogP contribution >= 0.6 is 23.1 Å². The second-order valence-corrected chi connectivity index (χ2v) is 6.91. The van der Waals surface area contributed by atoms with E-state index in [9.17, 15) is 14.4 Å². The zero-order chi connectivity index (χ0) is 16.7. The molecule has 23 heavy (non-hydrogen) atoms. The molecule has 0 aliphatic carbocycles. The molecule has 0 bridgehead atoms. The Kier molecular flexibility index (Phi) is 3.99. The van der Waals surface area contributed by atoms with E-state index >= 15 is 0 Å². The summed E-state index contributed by atoms with van der Waals surface area (Å²) in [4.78, 5) is 41.4. The lowest BCUT2D eigenvalue weighted by Gasteiger charge is -2.03. The Hall–Kier alpha value is -2.13. The number of carbonyl (C=O) groups is 1. The first-order valence-corrected chi connectivity index (χ1v) is 8.60. The van der Waals surface area contributed by atoms with Gasteiger partial charge in [0.2, 0.25) is 0 Å². The van der Waals surface area contributed by atoms with Crippen molar-refractivity contribution in [1.82, 2.24) is 18.7 Å². The standard InChI is InChI=1S/C14H14N4O3S2/c1-16-10-11(17(2)14(21)18(3)12(10)20)15-13(16)23-7-8(19)9-5-4-6-22-9/h4-6H,7H2,1-3H3. The molecule has 3 aromatic rings. The molecule has 0 aliphatic rings. The lowest BCUT2D eigenvalue weighted by molar-refractivity contribution is 0.102. The van der Waals surface area contributed by atoms with Gasteiger partial charge in [0.15, 0.2) is 22.1 Å². The molecular formula is C14H14N4O3S2. The Morgan fingerprint density at radius 2 is 1.96 bits per heavy atom. The summed E-state index contributed by atoms with van der Waals surface area (Å²) in [5, 5.41) is 2.38. The summed E-state index contributed by atoms with van der Waals surface area (Å²) >= 11 is 2.65. The monoisotopic (exact) mass is 350 g/mol. The summed E-state index contributed by atoms with van der Waals surface area (Å²) in [6.45, 7) is 0. The van der Waals surface area contributed by atoms with Crippen molar-refractivity contribution in [3.8, 4) is 0 Å². The maximum absolute atomic E-state index is 12.3. The Morgan fingerprint density at radius 1 is 1.22 bits per heavy atom. The molecule has 0 aromatic carbocycles. The number of carbonyl (C=O) groups excluding carboxylic acids is 1. The highest BCUT2D eigenvalue weighted by Gasteiger charge is 2.18. The van der Waals surface area contributed by atoms with Gasteiger partial charge in [0.1, 0.15) is 0 Å². The van der Waals surface area contributed by atoms with Crippen LogP contribution in [0.3, 0.4) is 0 Å². The van der Waals surface area contributed by atoms with E-state index in [2.05, 4.69) is 4.98 Å². The van der Waals surface area contributed by atoms with E-state index in [-0.39, 0.29) is 11.5 Å². The average molecular weight is 350 g/mol. The van der Waals surface area contributed by atoms with Crippen LogP contribution in [0.2, 0.25) is 0 Å². The molecule has 0 N–H and O–H groups in total. The molecule has 3 rings (SSSR count). The van der Waals surface area contributed by atoms with Crippen molar-refractivity contribution in [2.45, 2.75) is 5.16 Å². The van der Waals surface area contributed by atoms with Gasteiger partial charge in [0.25, 0.3) is 5.56 Å². The number of thiophene rings is 1. The Labute approximate surface area is 139 Å². The molecule has 0 fully saturated rings. The number of ketones is 1. The summed E-state index contributed by atoms with van der Waals surface area (Å²) in [6, 6.07) is 3.61. The van der Waals surface area contributed by atoms with Gasteiger partial charge >= 0.3 is 5.69 Å². The smallest absolute Gasteiger partial charge is 0.316 e. The maximum atomic E-state index is 12.3. The molecule has 120 valence electrons. The van der Waals surface area contributed by atoms with E-state index in [1.54, 1.807) is 24.7 Å². The second-order valence-electron chi connectivity index (χ2n) is 5.02. The van der Waals surface area contributed by atoms with Crippen LogP contribution in [0.4, 0.5) is 0 Å². The number of thioether (sulfide) groups is 1. The van der Waals surface area contributed by atoms with Gasteiger partial charge in [-0.05, 0) is 11.4 Å². The summed E-state index contributed by atoms with van der Waals surface area (Å²) in [5.41, 5.74) is -0.145. The van der Waals surface area contributed by atoms with E-state index in [1.165, 1.54) is 34.7 Å². The average Bonchev–Trinajstić information content (AvgIpc) is 3.17. The van der Waals surface area contributed by atoms with Crippen LogP contribution in [-0.2, 0) is 21.1 Å². The zero-order valence-corrected chi connectivity index (χ0v) is 14.4. The van der Waals surface area contributed by atoms with Crippen molar-refractivity contribution in [3.05, 3.63) is 43.2 Å². The SMILES string of the molecule is Cn1c(=O)c2c(nc(SCC(=O)c3cccs3)n2C)n(C)c1=O. The molecule has 0 spiro atoms. The van der Waals surface area contributed by atoms with Crippen molar-refractivity contribution in [2.24, 2.45) is 21.1 Å². The lowest BCUT2D eigenvalue weighted by atomic mass is 10.4. The highest BCUT2D eigenvalue weighted by molar-refractivity contribution is 7.99. The van der Waals surface area contributed by atoms with Gasteiger partial charge in [-0.2, -0.15) is 0 Å². The summed E-state index contributed by atoms with van der Waals surface area (Å²) in [5.74, 6) is 0.241. The number of aryl methyl sites for hydroxylation is 2. The third kappa shape index (κ3) is 2.55. The Balaban J connectivity index is 2.00. The number of hydrogen-bond acceptors (Lipinski definition) is 6. The quantitative estimate of drug-likeness (QED) is 0.518. The van der Waals surface area contributed by atoms with Gasteiger partial charge in [-0.25, -0.2) is 9.78 Å². The van der Waals surface area contributed by atoms with Crippen LogP contribution in [0.15, 0.2) is 32.3 Å². The van der Waals surface area contributed by atoms with Crippen molar-refractivity contribution >= 4 is 40.0 Å². The van der Waals surface area contributed by atoms with Crippen LogP contribution < -0.4 is 11.2 Å². The molecule has 0 amide bonds. The molecule has 3 heterocycles. The molecule has 0 unspecified atom stereocenters. The number of nitrogens with zero attached hydrogens (tertiary/aromatic N) is 4. The van der Waals surface area contributed by atoms with Crippen LogP contribution in [0.1, 0.15) is 9.67 Å². The molecule has 0 saturated heterocycles. The van der Waals surface area contributed by atoms with Gasteiger partial charge in [0, 0.05) is 21.1 Å². The molecule has 0 radical (unpaired) electrons. The molecule has 0 saturated carbocycles. The fourth-order valence-electron chi connectivity index (χ4n) is 2.27. The highest BCUT2D eigenvalue weighted by Crippen LogP contribution is 2.22. The Morgan fingerprint density at radius 3 is 2.61 bits per heavy atom. The van der Waals surface area contributed by atoms with Crippen LogP contribution in [0.25, 0.3) is 11.2 Å². The minimum atomic E-state index is -0.424. The molecule has 0 aliphatic heterocycles. The number of imidazole rings is 1. The Bertz CT molecular complexity index is 1010. The second kappa shape index (κ2) is 5.82. The number of rotatable bonds is 4. The predicted octanol–water partition coefficient (Wildman–Crippen LogP) is 1.01. The molecule has 0 atom stereocenters.